The van der Waals surface area contributed by atoms with Crippen molar-refractivity contribution in [3.63, 3.8) is 0 Å². The second kappa shape index (κ2) is 10.4. The van der Waals surface area contributed by atoms with Crippen molar-refractivity contribution in [1.82, 2.24) is 15.6 Å². The highest BCUT2D eigenvalue weighted by Gasteiger charge is 2.55. The summed E-state index contributed by atoms with van der Waals surface area (Å²) < 4.78 is 6.06. The van der Waals surface area contributed by atoms with Crippen molar-refractivity contribution < 1.29 is 4.74 Å². The number of ether oxygens (including phenoxy) is 1. The Bertz CT molecular complexity index is 560. The lowest BCUT2D eigenvalue weighted by Gasteiger charge is -2.58. The number of nitrogens with one attached hydrogen (secondary N) is 2. The van der Waals surface area contributed by atoms with Crippen LogP contribution in [0.1, 0.15) is 58.1 Å². The molecule has 0 bridgehead atoms. The molecule has 146 valence electrons. The Morgan fingerprint density at radius 3 is 2.73 bits per heavy atom. The first-order chi connectivity index (χ1) is 12.3. The van der Waals surface area contributed by atoms with Gasteiger partial charge in [-0.3, -0.25) is 4.98 Å². The van der Waals surface area contributed by atoms with E-state index in [2.05, 4.69) is 29.5 Å². The summed E-state index contributed by atoms with van der Waals surface area (Å²) in [6.45, 7) is 6.49. The van der Waals surface area contributed by atoms with E-state index < -0.39 is 0 Å². The van der Waals surface area contributed by atoms with E-state index in [-0.39, 0.29) is 24.0 Å². The molecule has 2 fully saturated rings. The fourth-order valence-corrected chi connectivity index (χ4v) is 4.40. The SMILES string of the molecule is CCNC(=NCc1ccccn1)NC1CC(OCC)C12CCCCC2.I. The van der Waals surface area contributed by atoms with Gasteiger partial charge >= 0.3 is 0 Å². The zero-order valence-electron chi connectivity index (χ0n) is 16.0. The Morgan fingerprint density at radius 1 is 1.27 bits per heavy atom. The van der Waals surface area contributed by atoms with Gasteiger partial charge in [-0.25, -0.2) is 4.99 Å². The molecule has 6 heteroatoms. The van der Waals surface area contributed by atoms with E-state index in [1.807, 2.05) is 24.4 Å². The van der Waals surface area contributed by atoms with Gasteiger partial charge < -0.3 is 15.4 Å². The van der Waals surface area contributed by atoms with E-state index in [9.17, 15) is 0 Å². The summed E-state index contributed by atoms with van der Waals surface area (Å²) in [5.74, 6) is 0.901. The molecule has 1 aromatic rings. The van der Waals surface area contributed by atoms with Crippen molar-refractivity contribution in [2.24, 2.45) is 10.4 Å². The smallest absolute Gasteiger partial charge is 0.191 e. The number of rotatable bonds is 6. The molecule has 1 aromatic heterocycles. The van der Waals surface area contributed by atoms with Crippen molar-refractivity contribution >= 4 is 29.9 Å². The minimum atomic E-state index is 0. The molecule has 2 saturated carbocycles. The Labute approximate surface area is 174 Å². The molecule has 2 unspecified atom stereocenters. The lowest BCUT2D eigenvalue weighted by atomic mass is 9.55. The van der Waals surface area contributed by atoms with Gasteiger partial charge in [-0.1, -0.05) is 25.3 Å². The highest BCUT2D eigenvalue weighted by atomic mass is 127. The standard InChI is InChI=1S/C20H32N4O.HI/c1-3-21-19(23-15-16-10-6-9-13-22-16)24-17-14-18(25-4-2)20(17)11-7-5-8-12-20;/h6,9-10,13,17-18H,3-5,7-8,11-12,14-15H2,1-2H3,(H2,21,23,24);1H. The maximum Gasteiger partial charge on any atom is 0.191 e. The fraction of sp³-hybridized carbons (Fsp3) is 0.700. The van der Waals surface area contributed by atoms with Crippen LogP contribution in [-0.2, 0) is 11.3 Å². The summed E-state index contributed by atoms with van der Waals surface area (Å²) in [7, 11) is 0. The minimum absolute atomic E-state index is 0. The third-order valence-corrected chi connectivity index (χ3v) is 5.72. The molecule has 1 spiro atoms. The number of hydrogen-bond acceptors (Lipinski definition) is 3. The molecular weight excluding hydrogens is 439 g/mol. The zero-order chi connectivity index (χ0) is 17.5. The van der Waals surface area contributed by atoms with Crippen LogP contribution in [0.3, 0.4) is 0 Å². The average molecular weight is 472 g/mol. The van der Waals surface area contributed by atoms with Crippen LogP contribution in [0.5, 0.6) is 0 Å². The van der Waals surface area contributed by atoms with Gasteiger partial charge in [0.15, 0.2) is 5.96 Å². The molecular formula is C20H33IN4O. The maximum absolute atomic E-state index is 6.06. The number of aromatic nitrogens is 1. The van der Waals surface area contributed by atoms with Gasteiger partial charge in [0, 0.05) is 30.8 Å². The maximum atomic E-state index is 6.06. The largest absolute Gasteiger partial charge is 0.378 e. The summed E-state index contributed by atoms with van der Waals surface area (Å²) in [6.07, 6.45) is 9.87. The third kappa shape index (κ3) is 4.88. The number of guanidine groups is 1. The predicted molar refractivity (Wildman–Crippen MR) is 117 cm³/mol. The van der Waals surface area contributed by atoms with Gasteiger partial charge in [0.2, 0.25) is 0 Å². The Balaban J connectivity index is 0.00000243. The minimum Gasteiger partial charge on any atom is -0.378 e. The molecule has 0 aromatic carbocycles. The van der Waals surface area contributed by atoms with Crippen LogP contribution in [0.2, 0.25) is 0 Å². The molecule has 2 aliphatic carbocycles. The van der Waals surface area contributed by atoms with Gasteiger partial charge in [-0.2, -0.15) is 0 Å². The van der Waals surface area contributed by atoms with Crippen molar-refractivity contribution in [2.75, 3.05) is 13.2 Å². The summed E-state index contributed by atoms with van der Waals surface area (Å²) in [4.78, 5) is 9.11. The van der Waals surface area contributed by atoms with Gasteiger partial charge in [0.05, 0.1) is 18.3 Å². The molecule has 5 nitrogen and oxygen atoms in total. The molecule has 1 heterocycles. The van der Waals surface area contributed by atoms with Crippen molar-refractivity contribution in [3.05, 3.63) is 30.1 Å². The van der Waals surface area contributed by atoms with Gasteiger partial charge in [-0.05, 0) is 45.2 Å². The molecule has 26 heavy (non-hydrogen) atoms. The zero-order valence-corrected chi connectivity index (χ0v) is 18.4. The molecule has 0 radical (unpaired) electrons. The van der Waals surface area contributed by atoms with E-state index in [1.54, 1.807) is 0 Å². The summed E-state index contributed by atoms with van der Waals surface area (Å²) in [5.41, 5.74) is 1.29. The molecule has 0 saturated heterocycles. The predicted octanol–water partition coefficient (Wildman–Crippen LogP) is 3.88. The van der Waals surface area contributed by atoms with E-state index in [0.717, 1.165) is 31.2 Å². The monoisotopic (exact) mass is 472 g/mol. The Kier molecular flexibility index (Phi) is 8.60. The van der Waals surface area contributed by atoms with E-state index in [4.69, 9.17) is 9.73 Å². The topological polar surface area (TPSA) is 58.5 Å². The Morgan fingerprint density at radius 2 is 2.08 bits per heavy atom. The Hall–Kier alpha value is -0.890. The quantitative estimate of drug-likeness (QED) is 0.375. The lowest BCUT2D eigenvalue weighted by molar-refractivity contribution is -0.145. The van der Waals surface area contributed by atoms with Crippen LogP contribution in [-0.4, -0.2) is 36.2 Å². The van der Waals surface area contributed by atoms with E-state index in [0.29, 0.717) is 24.1 Å². The number of pyridine rings is 1. The average Bonchev–Trinajstić information content (AvgIpc) is 2.66. The summed E-state index contributed by atoms with van der Waals surface area (Å²) in [6, 6.07) is 6.43. The highest BCUT2D eigenvalue weighted by molar-refractivity contribution is 14.0. The van der Waals surface area contributed by atoms with E-state index >= 15 is 0 Å². The van der Waals surface area contributed by atoms with Gasteiger partial charge in [0.25, 0.3) is 0 Å². The van der Waals surface area contributed by atoms with Crippen LogP contribution in [0.4, 0.5) is 0 Å². The van der Waals surface area contributed by atoms with Crippen LogP contribution in [0, 0.1) is 5.41 Å². The van der Waals surface area contributed by atoms with Crippen LogP contribution in [0.15, 0.2) is 29.4 Å². The van der Waals surface area contributed by atoms with Gasteiger partial charge in [0.1, 0.15) is 0 Å². The number of nitrogens with zero attached hydrogens (tertiary/aromatic N) is 2. The molecule has 3 rings (SSSR count). The second-order valence-electron chi connectivity index (χ2n) is 7.19. The first-order valence-electron chi connectivity index (χ1n) is 9.85. The number of hydrogen-bond donors (Lipinski definition) is 2. The number of aliphatic imine (C=N–C) groups is 1. The van der Waals surface area contributed by atoms with Gasteiger partial charge in [-0.15, -0.1) is 24.0 Å². The molecule has 0 amide bonds. The van der Waals surface area contributed by atoms with Crippen LogP contribution >= 0.6 is 24.0 Å². The van der Waals surface area contributed by atoms with Crippen molar-refractivity contribution in [2.45, 2.75) is 71.1 Å². The molecule has 0 aliphatic heterocycles. The van der Waals surface area contributed by atoms with Crippen LogP contribution in [0.25, 0.3) is 0 Å². The highest BCUT2D eigenvalue weighted by Crippen LogP contribution is 2.53. The molecule has 2 atom stereocenters. The van der Waals surface area contributed by atoms with Crippen molar-refractivity contribution in [1.29, 1.82) is 0 Å². The first kappa shape index (κ1) is 21.4. The number of halogens is 1. The summed E-state index contributed by atoms with van der Waals surface area (Å²) >= 11 is 0. The second-order valence-corrected chi connectivity index (χ2v) is 7.19. The van der Waals surface area contributed by atoms with Crippen molar-refractivity contribution in [3.8, 4) is 0 Å². The summed E-state index contributed by atoms with van der Waals surface area (Å²) in [5, 5.41) is 7.10. The third-order valence-electron chi connectivity index (χ3n) is 5.72. The molecule has 2 N–H and O–H groups in total. The lowest BCUT2D eigenvalue weighted by Crippen LogP contribution is -2.66. The normalized spacial score (nSPS) is 24.5. The first-order valence-corrected chi connectivity index (χ1v) is 9.85. The molecule has 2 aliphatic rings. The van der Waals surface area contributed by atoms with Crippen LogP contribution < -0.4 is 10.6 Å². The fourth-order valence-electron chi connectivity index (χ4n) is 4.40. The van der Waals surface area contributed by atoms with E-state index in [1.165, 1.54) is 32.1 Å².